The van der Waals surface area contributed by atoms with Crippen molar-refractivity contribution < 1.29 is 19.1 Å². The molecule has 0 atom stereocenters. The molecule has 3 fully saturated rings. The molecule has 8 nitrogen and oxygen atoms in total. The fraction of sp³-hybridized carbons (Fsp3) is 0.609. The Morgan fingerprint density at radius 3 is 2.13 bits per heavy atom. The van der Waals surface area contributed by atoms with Gasteiger partial charge in [-0.2, -0.15) is 0 Å². The molecule has 0 spiro atoms. The van der Waals surface area contributed by atoms with Gasteiger partial charge in [-0.05, 0) is 37.1 Å². The lowest BCUT2D eigenvalue weighted by Gasteiger charge is -2.39. The highest BCUT2D eigenvalue weighted by Gasteiger charge is 2.31. The van der Waals surface area contributed by atoms with E-state index in [1.165, 1.54) is 0 Å². The number of carbonyl (C=O) groups is 3. The molecule has 0 radical (unpaired) electrons. The third kappa shape index (κ3) is 5.43. The number of ether oxygens (including phenoxy) is 1. The number of carbonyl (C=O) groups excluding carboxylic acids is 3. The Labute approximate surface area is 183 Å². The van der Waals surface area contributed by atoms with E-state index < -0.39 is 0 Å². The van der Waals surface area contributed by atoms with Crippen LogP contribution in [0.4, 0.5) is 5.69 Å². The highest BCUT2D eigenvalue weighted by atomic mass is 16.5. The first kappa shape index (κ1) is 21.8. The van der Waals surface area contributed by atoms with Gasteiger partial charge in [-0.3, -0.25) is 19.3 Å². The standard InChI is InChI=1S/C23H32N4O4/c28-18-19-1-3-21(4-2-19)25-7-5-20(6-8-25)23(30)27-11-9-24(10-12-27)17-22(29)26-13-15-31-16-14-26/h1-4,18,20H,5-17H2. The number of anilines is 1. The maximum atomic E-state index is 13.0. The van der Waals surface area contributed by atoms with Crippen LogP contribution in [0, 0.1) is 5.92 Å². The van der Waals surface area contributed by atoms with Crippen LogP contribution in [0.5, 0.6) is 0 Å². The van der Waals surface area contributed by atoms with E-state index in [1.807, 2.05) is 34.1 Å². The van der Waals surface area contributed by atoms with E-state index in [0.717, 1.165) is 51.0 Å². The minimum Gasteiger partial charge on any atom is -0.378 e. The molecule has 168 valence electrons. The number of hydrogen-bond acceptors (Lipinski definition) is 6. The number of nitrogens with zero attached hydrogens (tertiary/aromatic N) is 4. The Hall–Kier alpha value is -2.45. The van der Waals surface area contributed by atoms with E-state index in [0.29, 0.717) is 51.5 Å². The Morgan fingerprint density at radius 2 is 1.52 bits per heavy atom. The maximum absolute atomic E-state index is 13.0. The molecular weight excluding hydrogens is 396 g/mol. The van der Waals surface area contributed by atoms with E-state index in [-0.39, 0.29) is 17.7 Å². The summed E-state index contributed by atoms with van der Waals surface area (Å²) in [6.07, 6.45) is 2.56. The minimum absolute atomic E-state index is 0.0760. The number of piperidine rings is 1. The maximum Gasteiger partial charge on any atom is 0.236 e. The van der Waals surface area contributed by atoms with Crippen LogP contribution in [-0.4, -0.2) is 105 Å². The lowest BCUT2D eigenvalue weighted by molar-refractivity contribution is -0.139. The number of amides is 2. The molecule has 0 saturated carbocycles. The van der Waals surface area contributed by atoms with E-state index in [9.17, 15) is 14.4 Å². The Morgan fingerprint density at radius 1 is 0.871 bits per heavy atom. The summed E-state index contributed by atoms with van der Waals surface area (Å²) in [7, 11) is 0. The molecule has 3 saturated heterocycles. The van der Waals surface area contributed by atoms with Gasteiger partial charge in [0, 0.05) is 69.5 Å². The number of piperazine rings is 1. The molecule has 3 aliphatic rings. The second-order valence-electron chi connectivity index (χ2n) is 8.57. The molecule has 0 aliphatic carbocycles. The number of hydrogen-bond donors (Lipinski definition) is 0. The van der Waals surface area contributed by atoms with Crippen LogP contribution in [0.1, 0.15) is 23.2 Å². The van der Waals surface area contributed by atoms with Crippen molar-refractivity contribution in [3.05, 3.63) is 29.8 Å². The summed E-state index contributed by atoms with van der Waals surface area (Å²) in [4.78, 5) is 44.6. The van der Waals surface area contributed by atoms with Gasteiger partial charge in [-0.15, -0.1) is 0 Å². The first-order valence-electron chi connectivity index (χ1n) is 11.3. The molecule has 0 bridgehead atoms. The van der Waals surface area contributed by atoms with E-state index in [4.69, 9.17) is 4.74 Å². The number of benzene rings is 1. The average Bonchev–Trinajstić information content (AvgIpc) is 2.85. The third-order valence-electron chi connectivity index (χ3n) is 6.65. The minimum atomic E-state index is 0.0760. The lowest BCUT2D eigenvalue weighted by atomic mass is 9.94. The van der Waals surface area contributed by atoms with Crippen molar-refractivity contribution in [2.45, 2.75) is 12.8 Å². The summed E-state index contributed by atoms with van der Waals surface area (Å²) < 4.78 is 5.31. The largest absolute Gasteiger partial charge is 0.378 e. The van der Waals surface area contributed by atoms with Crippen molar-refractivity contribution in [2.24, 2.45) is 5.92 Å². The zero-order chi connectivity index (χ0) is 21.6. The summed E-state index contributed by atoms with van der Waals surface area (Å²) in [5, 5.41) is 0. The summed E-state index contributed by atoms with van der Waals surface area (Å²) in [5.41, 5.74) is 1.79. The molecule has 3 aliphatic heterocycles. The SMILES string of the molecule is O=Cc1ccc(N2CCC(C(=O)N3CCN(CC(=O)N4CCOCC4)CC3)CC2)cc1. The number of morpholine rings is 1. The van der Waals surface area contributed by atoms with E-state index in [2.05, 4.69) is 9.80 Å². The first-order chi connectivity index (χ1) is 15.1. The van der Waals surface area contributed by atoms with E-state index in [1.54, 1.807) is 0 Å². The Kier molecular flexibility index (Phi) is 7.19. The van der Waals surface area contributed by atoms with Gasteiger partial charge in [0.25, 0.3) is 0 Å². The summed E-state index contributed by atoms with van der Waals surface area (Å²) in [6, 6.07) is 7.62. The normalized spacial score (nSPS) is 21.2. The van der Waals surface area contributed by atoms with Gasteiger partial charge in [0.1, 0.15) is 6.29 Å². The molecule has 3 heterocycles. The van der Waals surface area contributed by atoms with Gasteiger partial charge in [0.2, 0.25) is 11.8 Å². The molecule has 1 aromatic rings. The molecule has 4 rings (SSSR count). The highest BCUT2D eigenvalue weighted by Crippen LogP contribution is 2.25. The molecular formula is C23H32N4O4. The van der Waals surface area contributed by atoms with Crippen LogP contribution in [0.15, 0.2) is 24.3 Å². The van der Waals surface area contributed by atoms with Crippen LogP contribution in [0.25, 0.3) is 0 Å². The van der Waals surface area contributed by atoms with Crippen LogP contribution < -0.4 is 4.90 Å². The summed E-state index contributed by atoms with van der Waals surface area (Å²) in [5.74, 6) is 0.499. The van der Waals surface area contributed by atoms with Crippen molar-refractivity contribution >= 4 is 23.8 Å². The lowest BCUT2D eigenvalue weighted by Crippen LogP contribution is -2.54. The molecule has 8 heteroatoms. The third-order valence-corrected chi connectivity index (χ3v) is 6.65. The second kappa shape index (κ2) is 10.2. The topological polar surface area (TPSA) is 73.4 Å². The van der Waals surface area contributed by atoms with Gasteiger partial charge in [-0.1, -0.05) is 0 Å². The molecule has 2 amide bonds. The van der Waals surface area contributed by atoms with Crippen LogP contribution >= 0.6 is 0 Å². The monoisotopic (exact) mass is 428 g/mol. The van der Waals surface area contributed by atoms with E-state index >= 15 is 0 Å². The van der Waals surface area contributed by atoms with Gasteiger partial charge < -0.3 is 19.4 Å². The fourth-order valence-corrected chi connectivity index (χ4v) is 4.64. The fourth-order valence-electron chi connectivity index (χ4n) is 4.64. The zero-order valence-corrected chi connectivity index (χ0v) is 18.1. The Bertz CT molecular complexity index is 762. The molecule has 31 heavy (non-hydrogen) atoms. The van der Waals surface area contributed by atoms with Gasteiger partial charge >= 0.3 is 0 Å². The second-order valence-corrected chi connectivity index (χ2v) is 8.57. The van der Waals surface area contributed by atoms with Crippen molar-refractivity contribution in [1.29, 1.82) is 0 Å². The number of rotatable bonds is 5. The van der Waals surface area contributed by atoms with Crippen LogP contribution in [0.3, 0.4) is 0 Å². The van der Waals surface area contributed by atoms with Gasteiger partial charge in [0.15, 0.2) is 0 Å². The molecule has 0 aromatic heterocycles. The molecule has 1 aromatic carbocycles. The smallest absolute Gasteiger partial charge is 0.236 e. The van der Waals surface area contributed by atoms with Crippen LogP contribution in [0.2, 0.25) is 0 Å². The summed E-state index contributed by atoms with van der Waals surface area (Å²) in [6.45, 7) is 7.64. The summed E-state index contributed by atoms with van der Waals surface area (Å²) >= 11 is 0. The highest BCUT2D eigenvalue weighted by molar-refractivity contribution is 5.80. The van der Waals surface area contributed by atoms with Gasteiger partial charge in [-0.25, -0.2) is 0 Å². The quantitative estimate of drug-likeness (QED) is 0.644. The van der Waals surface area contributed by atoms with Crippen molar-refractivity contribution in [2.75, 3.05) is 77.0 Å². The predicted molar refractivity (Wildman–Crippen MR) is 117 cm³/mol. The molecule has 0 N–H and O–H groups in total. The zero-order valence-electron chi connectivity index (χ0n) is 18.1. The predicted octanol–water partition coefficient (Wildman–Crippen LogP) is 0.719. The van der Waals surface area contributed by atoms with Crippen molar-refractivity contribution in [3.63, 3.8) is 0 Å². The van der Waals surface area contributed by atoms with Crippen molar-refractivity contribution in [1.82, 2.24) is 14.7 Å². The van der Waals surface area contributed by atoms with Crippen molar-refractivity contribution in [3.8, 4) is 0 Å². The van der Waals surface area contributed by atoms with Gasteiger partial charge in [0.05, 0.1) is 19.8 Å². The Balaban J connectivity index is 1.20. The van der Waals surface area contributed by atoms with Crippen LogP contribution in [-0.2, 0) is 14.3 Å². The first-order valence-corrected chi connectivity index (χ1v) is 11.3. The number of aldehydes is 1. The average molecular weight is 429 g/mol. The molecule has 0 unspecified atom stereocenters.